The summed E-state index contributed by atoms with van der Waals surface area (Å²) in [5.41, 5.74) is 2.74. The third kappa shape index (κ3) is 6.31. The fourth-order valence-corrected chi connectivity index (χ4v) is 6.14. The molecule has 0 aliphatic carbocycles. The molecule has 2 aromatic carbocycles. The van der Waals surface area contributed by atoms with E-state index in [4.69, 9.17) is 9.47 Å². The lowest BCUT2D eigenvalue weighted by Crippen LogP contribution is -2.46. The Morgan fingerprint density at radius 3 is 2.65 bits per heavy atom. The Bertz CT molecular complexity index is 1050. The van der Waals surface area contributed by atoms with E-state index in [1.807, 2.05) is 18.2 Å². The number of hydrogen-bond donors (Lipinski definition) is 1. The van der Waals surface area contributed by atoms with Crippen molar-refractivity contribution < 1.29 is 19.4 Å². The Kier molecular flexibility index (Phi) is 8.84. The lowest BCUT2D eigenvalue weighted by Gasteiger charge is -2.44. The Labute approximate surface area is 223 Å². The van der Waals surface area contributed by atoms with Gasteiger partial charge in [0.15, 0.2) is 0 Å². The minimum absolute atomic E-state index is 0.0282. The van der Waals surface area contributed by atoms with Crippen LogP contribution in [0.25, 0.3) is 0 Å². The fraction of sp³-hybridized carbons (Fsp3) is 0.594. The van der Waals surface area contributed by atoms with E-state index in [2.05, 4.69) is 49.9 Å². The first-order valence-electron chi connectivity index (χ1n) is 14.3. The number of anilines is 1. The summed E-state index contributed by atoms with van der Waals surface area (Å²) >= 11 is 0. The predicted molar refractivity (Wildman–Crippen MR) is 149 cm³/mol. The number of nitrogens with zero attached hydrogens (tertiary/aromatic N) is 1. The van der Waals surface area contributed by atoms with Crippen LogP contribution in [0.1, 0.15) is 102 Å². The van der Waals surface area contributed by atoms with Crippen LogP contribution in [0, 0.1) is 0 Å². The first kappa shape index (κ1) is 27.5. The summed E-state index contributed by atoms with van der Waals surface area (Å²) in [6.07, 6.45) is 8.60. The van der Waals surface area contributed by atoms with Crippen molar-refractivity contribution in [3.8, 4) is 5.75 Å². The summed E-state index contributed by atoms with van der Waals surface area (Å²) in [5, 5.41) is 12.1. The van der Waals surface area contributed by atoms with Crippen LogP contribution in [0.4, 0.5) is 5.69 Å². The van der Waals surface area contributed by atoms with Gasteiger partial charge in [-0.2, -0.15) is 0 Å². The molecule has 202 valence electrons. The molecule has 0 bridgehead atoms. The molecule has 0 radical (unpaired) electrons. The molecule has 0 saturated carbocycles. The van der Waals surface area contributed by atoms with Gasteiger partial charge >= 0.3 is 5.97 Å². The van der Waals surface area contributed by atoms with E-state index in [1.54, 1.807) is 6.92 Å². The van der Waals surface area contributed by atoms with Gasteiger partial charge in [0.25, 0.3) is 0 Å². The molecule has 5 nitrogen and oxygen atoms in total. The molecule has 1 fully saturated rings. The van der Waals surface area contributed by atoms with Gasteiger partial charge < -0.3 is 19.5 Å². The predicted octanol–water partition coefficient (Wildman–Crippen LogP) is 7.03. The number of rotatable bonds is 12. The van der Waals surface area contributed by atoms with Gasteiger partial charge in [0.1, 0.15) is 18.0 Å². The maximum atomic E-state index is 12.7. The third-order valence-electron chi connectivity index (χ3n) is 8.22. The summed E-state index contributed by atoms with van der Waals surface area (Å²) in [6, 6.07) is 14.7. The van der Waals surface area contributed by atoms with Crippen molar-refractivity contribution in [2.24, 2.45) is 0 Å². The van der Waals surface area contributed by atoms with Crippen molar-refractivity contribution in [1.29, 1.82) is 0 Å². The maximum absolute atomic E-state index is 12.7. The van der Waals surface area contributed by atoms with Crippen molar-refractivity contribution in [2.45, 2.75) is 109 Å². The molecule has 1 N–H and O–H groups in total. The van der Waals surface area contributed by atoms with Crippen molar-refractivity contribution in [1.82, 2.24) is 0 Å². The second-order valence-electron chi connectivity index (χ2n) is 11.5. The van der Waals surface area contributed by atoms with Gasteiger partial charge in [-0.15, -0.1) is 0 Å². The van der Waals surface area contributed by atoms with E-state index < -0.39 is 5.60 Å². The van der Waals surface area contributed by atoms with Crippen LogP contribution in [-0.2, 0) is 27.2 Å². The highest BCUT2D eigenvalue weighted by atomic mass is 16.5. The molecule has 0 amide bonds. The zero-order chi connectivity index (χ0) is 26.5. The second-order valence-corrected chi connectivity index (χ2v) is 11.5. The van der Waals surface area contributed by atoms with Gasteiger partial charge in [-0.3, -0.25) is 4.79 Å². The Morgan fingerprint density at radius 1 is 1.14 bits per heavy atom. The number of carbonyl (C=O) groups is 1. The molecule has 0 spiro atoms. The van der Waals surface area contributed by atoms with Gasteiger partial charge in [0.05, 0.1) is 13.0 Å². The molecule has 2 aliphatic rings. The lowest BCUT2D eigenvalue weighted by atomic mass is 9.74. The first-order chi connectivity index (χ1) is 17.8. The number of ether oxygens (including phenoxy) is 2. The maximum Gasteiger partial charge on any atom is 0.309 e. The van der Waals surface area contributed by atoms with Crippen LogP contribution >= 0.6 is 0 Å². The largest absolute Gasteiger partial charge is 0.488 e. The van der Waals surface area contributed by atoms with Crippen LogP contribution in [0.15, 0.2) is 42.5 Å². The third-order valence-corrected chi connectivity index (χ3v) is 8.22. The van der Waals surface area contributed by atoms with Crippen molar-refractivity contribution in [3.05, 3.63) is 59.2 Å². The lowest BCUT2D eigenvalue weighted by molar-refractivity contribution is -0.149. The van der Waals surface area contributed by atoms with E-state index in [0.29, 0.717) is 25.4 Å². The molecule has 2 aliphatic heterocycles. The minimum Gasteiger partial charge on any atom is -0.488 e. The average molecular weight is 508 g/mol. The van der Waals surface area contributed by atoms with E-state index >= 15 is 0 Å². The summed E-state index contributed by atoms with van der Waals surface area (Å²) in [4.78, 5) is 15.1. The molecule has 4 rings (SSSR count). The van der Waals surface area contributed by atoms with E-state index in [0.717, 1.165) is 42.6 Å². The number of esters is 1. The minimum atomic E-state index is -1.32. The van der Waals surface area contributed by atoms with Crippen LogP contribution < -0.4 is 9.64 Å². The van der Waals surface area contributed by atoms with Crippen LogP contribution in [-0.4, -0.2) is 30.3 Å². The average Bonchev–Trinajstić information content (AvgIpc) is 3.34. The monoisotopic (exact) mass is 507 g/mol. The van der Waals surface area contributed by atoms with Crippen LogP contribution in [0.3, 0.4) is 0 Å². The standard InChI is InChI=1S/C32H45NO4/c1-5-7-8-12-17-31(3,4)25-19-27-30(28(20-25)37-23-24-14-10-9-11-15-24)32(35,22-29(34)36-6-2)21-26-16-13-18-33(26)27/h9-11,14-15,19-20,26,35H,5-8,12-13,16-18,21-23H2,1-4H3. The summed E-state index contributed by atoms with van der Waals surface area (Å²) in [6.45, 7) is 10.4. The van der Waals surface area contributed by atoms with E-state index in [9.17, 15) is 9.90 Å². The Balaban J connectivity index is 1.77. The molecule has 0 aromatic heterocycles. The SMILES string of the molecule is CCCCCCC(C)(C)c1cc(OCc2ccccc2)c2c(c1)N1CCCC1CC2(O)CC(=O)OCC. The van der Waals surface area contributed by atoms with E-state index in [1.165, 1.54) is 31.2 Å². The number of carbonyl (C=O) groups excluding carboxylic acids is 1. The first-order valence-corrected chi connectivity index (χ1v) is 14.3. The molecule has 2 unspecified atom stereocenters. The number of hydrogen-bond acceptors (Lipinski definition) is 5. The number of fused-ring (bicyclic) bond motifs is 3. The molecule has 2 atom stereocenters. The molecular weight excluding hydrogens is 462 g/mol. The summed E-state index contributed by atoms with van der Waals surface area (Å²) < 4.78 is 11.8. The molecular formula is C32H45NO4. The van der Waals surface area contributed by atoms with Crippen molar-refractivity contribution in [2.75, 3.05) is 18.1 Å². The van der Waals surface area contributed by atoms with Gasteiger partial charge in [0.2, 0.25) is 0 Å². The number of unbranched alkanes of at least 4 members (excludes halogenated alkanes) is 3. The zero-order valence-electron chi connectivity index (χ0n) is 23.2. The second kappa shape index (κ2) is 11.9. The van der Waals surface area contributed by atoms with Crippen LogP contribution in [0.5, 0.6) is 5.75 Å². The van der Waals surface area contributed by atoms with Crippen molar-refractivity contribution >= 4 is 11.7 Å². The smallest absolute Gasteiger partial charge is 0.309 e. The molecule has 37 heavy (non-hydrogen) atoms. The van der Waals surface area contributed by atoms with Gasteiger partial charge in [-0.25, -0.2) is 0 Å². The topological polar surface area (TPSA) is 59.0 Å². The fourth-order valence-electron chi connectivity index (χ4n) is 6.14. The normalized spacial score (nSPS) is 20.9. The van der Waals surface area contributed by atoms with Gasteiger partial charge in [-0.1, -0.05) is 76.8 Å². The Morgan fingerprint density at radius 2 is 1.92 bits per heavy atom. The van der Waals surface area contributed by atoms with Crippen LogP contribution in [0.2, 0.25) is 0 Å². The van der Waals surface area contributed by atoms with Gasteiger partial charge in [0, 0.05) is 30.3 Å². The quantitative estimate of drug-likeness (QED) is 0.247. The highest BCUT2D eigenvalue weighted by Crippen LogP contribution is 2.52. The summed E-state index contributed by atoms with van der Waals surface area (Å²) in [7, 11) is 0. The molecule has 2 aromatic rings. The number of benzene rings is 2. The molecule has 2 heterocycles. The Hall–Kier alpha value is -2.53. The highest BCUT2D eigenvalue weighted by molar-refractivity contribution is 5.75. The van der Waals surface area contributed by atoms with Gasteiger partial charge in [-0.05, 0) is 54.9 Å². The summed E-state index contributed by atoms with van der Waals surface area (Å²) in [5.74, 6) is 0.326. The molecule has 5 heteroatoms. The highest BCUT2D eigenvalue weighted by Gasteiger charge is 2.48. The van der Waals surface area contributed by atoms with E-state index in [-0.39, 0.29) is 23.8 Å². The molecule has 1 saturated heterocycles. The zero-order valence-corrected chi connectivity index (χ0v) is 23.2. The number of aliphatic hydroxyl groups is 1. The van der Waals surface area contributed by atoms with Crippen molar-refractivity contribution in [3.63, 3.8) is 0 Å².